The minimum absolute atomic E-state index is 0.0133. The number of hydrogen-bond acceptors (Lipinski definition) is 6. The number of hydrogen-bond donors (Lipinski definition) is 1. The number of carbonyl (C=O) groups is 1. The molecule has 0 bridgehead atoms. The van der Waals surface area contributed by atoms with Crippen molar-refractivity contribution in [2.24, 2.45) is 5.73 Å². The van der Waals surface area contributed by atoms with Crippen molar-refractivity contribution >= 4 is 22.9 Å². The van der Waals surface area contributed by atoms with Gasteiger partial charge in [-0.1, -0.05) is 12.1 Å². The molecule has 2 N–H and O–H groups in total. The monoisotopic (exact) mass is 332 g/mol. The first-order valence-electron chi connectivity index (χ1n) is 7.54. The van der Waals surface area contributed by atoms with Crippen LogP contribution in [-0.2, 0) is 6.54 Å². The van der Waals surface area contributed by atoms with E-state index in [1.54, 1.807) is 12.5 Å². The van der Waals surface area contributed by atoms with Crippen molar-refractivity contribution in [3.05, 3.63) is 40.3 Å². The van der Waals surface area contributed by atoms with E-state index in [1.807, 2.05) is 29.2 Å². The first kappa shape index (κ1) is 15.8. The molecule has 1 aliphatic heterocycles. The lowest BCUT2D eigenvalue weighted by Crippen LogP contribution is -2.49. The van der Waals surface area contributed by atoms with Crippen LogP contribution in [0.3, 0.4) is 0 Å². The quantitative estimate of drug-likeness (QED) is 0.920. The molecule has 23 heavy (non-hydrogen) atoms. The molecule has 0 saturated carbocycles. The number of anilines is 1. The number of thiazole rings is 1. The van der Waals surface area contributed by atoms with E-state index < -0.39 is 0 Å². The Hall–Kier alpha value is -2.12. The summed E-state index contributed by atoms with van der Waals surface area (Å²) in [4.78, 5) is 20.9. The molecule has 1 aromatic heterocycles. The number of nitrogens with two attached hydrogens (primary N) is 1. The molecule has 6 nitrogen and oxygen atoms in total. The third kappa shape index (κ3) is 3.30. The molecule has 0 unspecified atom stereocenters. The maximum atomic E-state index is 12.5. The highest BCUT2D eigenvalue weighted by Crippen LogP contribution is 2.28. The molecule has 0 radical (unpaired) electrons. The molecule has 0 aliphatic carbocycles. The highest BCUT2D eigenvalue weighted by molar-refractivity contribution is 7.09. The Balaban J connectivity index is 1.65. The maximum Gasteiger partial charge on any atom is 0.273 e. The second kappa shape index (κ2) is 6.97. The lowest BCUT2D eigenvalue weighted by molar-refractivity contribution is 0.0741. The zero-order valence-corrected chi connectivity index (χ0v) is 13.9. The van der Waals surface area contributed by atoms with Gasteiger partial charge in [-0.25, -0.2) is 4.98 Å². The minimum Gasteiger partial charge on any atom is -0.495 e. The van der Waals surface area contributed by atoms with Crippen molar-refractivity contribution in [2.75, 3.05) is 38.2 Å². The lowest BCUT2D eigenvalue weighted by Gasteiger charge is -2.36. The van der Waals surface area contributed by atoms with Gasteiger partial charge in [-0.15, -0.1) is 11.3 Å². The number of aromatic nitrogens is 1. The summed E-state index contributed by atoms with van der Waals surface area (Å²) in [6.45, 7) is 3.28. The molecule has 1 aliphatic rings. The second-order valence-corrected chi connectivity index (χ2v) is 6.22. The largest absolute Gasteiger partial charge is 0.495 e. The van der Waals surface area contributed by atoms with Crippen molar-refractivity contribution in [3.63, 3.8) is 0 Å². The van der Waals surface area contributed by atoms with Gasteiger partial charge in [-0.3, -0.25) is 4.79 Å². The van der Waals surface area contributed by atoms with Gasteiger partial charge in [-0.2, -0.15) is 0 Å². The van der Waals surface area contributed by atoms with Gasteiger partial charge < -0.3 is 20.3 Å². The smallest absolute Gasteiger partial charge is 0.273 e. The molecule has 2 aromatic rings. The molecule has 1 aromatic carbocycles. The molecule has 1 fully saturated rings. The first-order valence-corrected chi connectivity index (χ1v) is 8.42. The second-order valence-electron chi connectivity index (χ2n) is 5.28. The first-order chi connectivity index (χ1) is 11.2. The predicted molar refractivity (Wildman–Crippen MR) is 91.1 cm³/mol. The van der Waals surface area contributed by atoms with Crippen LogP contribution in [0.5, 0.6) is 5.75 Å². The summed E-state index contributed by atoms with van der Waals surface area (Å²) < 4.78 is 5.41. The Bertz CT molecular complexity index is 680. The number of rotatable bonds is 4. The van der Waals surface area contributed by atoms with Crippen LogP contribution >= 0.6 is 11.3 Å². The summed E-state index contributed by atoms with van der Waals surface area (Å²) in [7, 11) is 1.68. The van der Waals surface area contributed by atoms with E-state index >= 15 is 0 Å². The maximum absolute atomic E-state index is 12.5. The summed E-state index contributed by atoms with van der Waals surface area (Å²) in [6, 6.07) is 7.96. The normalized spacial score (nSPS) is 14.9. The van der Waals surface area contributed by atoms with E-state index in [0.717, 1.165) is 29.5 Å². The van der Waals surface area contributed by atoms with E-state index in [9.17, 15) is 4.79 Å². The van der Waals surface area contributed by atoms with Crippen LogP contribution < -0.4 is 15.4 Å². The van der Waals surface area contributed by atoms with E-state index in [-0.39, 0.29) is 5.91 Å². The molecule has 0 atom stereocenters. The van der Waals surface area contributed by atoms with Gasteiger partial charge in [0.25, 0.3) is 5.91 Å². The molecule has 1 amide bonds. The standard InChI is InChI=1S/C16H20N4O2S/c1-22-14-5-3-2-4-13(14)19-6-8-20(9-7-19)16(21)12-11-23-15(10-17)18-12/h2-5,11H,6-10,17H2,1H3. The fourth-order valence-corrected chi connectivity index (χ4v) is 3.35. The average Bonchev–Trinajstić information content (AvgIpc) is 3.10. The van der Waals surface area contributed by atoms with Crippen LogP contribution in [0.4, 0.5) is 5.69 Å². The summed E-state index contributed by atoms with van der Waals surface area (Å²) in [5, 5.41) is 2.58. The van der Waals surface area contributed by atoms with Crippen LogP contribution in [0.1, 0.15) is 15.5 Å². The highest BCUT2D eigenvalue weighted by atomic mass is 32.1. The summed E-state index contributed by atoms with van der Waals surface area (Å²) >= 11 is 1.43. The number of methoxy groups -OCH3 is 1. The Labute approximate surface area is 139 Å². The van der Waals surface area contributed by atoms with Gasteiger partial charge in [-0.05, 0) is 12.1 Å². The van der Waals surface area contributed by atoms with Gasteiger partial charge in [0, 0.05) is 38.1 Å². The van der Waals surface area contributed by atoms with Crippen molar-refractivity contribution in [1.29, 1.82) is 0 Å². The predicted octanol–water partition coefficient (Wildman–Crippen LogP) is 1.57. The van der Waals surface area contributed by atoms with Gasteiger partial charge >= 0.3 is 0 Å². The number of piperazine rings is 1. The van der Waals surface area contributed by atoms with Crippen LogP contribution in [0.15, 0.2) is 29.6 Å². The molecular weight excluding hydrogens is 312 g/mol. The fraction of sp³-hybridized carbons (Fsp3) is 0.375. The van der Waals surface area contributed by atoms with E-state index in [4.69, 9.17) is 10.5 Å². The van der Waals surface area contributed by atoms with E-state index in [2.05, 4.69) is 9.88 Å². The van der Waals surface area contributed by atoms with E-state index in [0.29, 0.717) is 25.3 Å². The Kier molecular flexibility index (Phi) is 4.78. The molecule has 1 saturated heterocycles. The molecule has 7 heteroatoms. The van der Waals surface area contributed by atoms with Crippen molar-refractivity contribution in [1.82, 2.24) is 9.88 Å². The van der Waals surface area contributed by atoms with Gasteiger partial charge in [0.15, 0.2) is 0 Å². The average molecular weight is 332 g/mol. The summed E-state index contributed by atoms with van der Waals surface area (Å²) in [5.74, 6) is 0.847. The Morgan fingerprint density at radius 3 is 2.70 bits per heavy atom. The van der Waals surface area contributed by atoms with Crippen LogP contribution in [-0.4, -0.2) is 49.1 Å². The third-order valence-electron chi connectivity index (χ3n) is 3.94. The fourth-order valence-electron chi connectivity index (χ4n) is 2.71. The highest BCUT2D eigenvalue weighted by Gasteiger charge is 2.24. The van der Waals surface area contributed by atoms with Crippen molar-refractivity contribution < 1.29 is 9.53 Å². The van der Waals surface area contributed by atoms with Gasteiger partial charge in [0.2, 0.25) is 0 Å². The van der Waals surface area contributed by atoms with Gasteiger partial charge in [0.1, 0.15) is 16.5 Å². The molecule has 0 spiro atoms. The van der Waals surface area contributed by atoms with Gasteiger partial charge in [0.05, 0.1) is 12.8 Å². The van der Waals surface area contributed by atoms with E-state index in [1.165, 1.54) is 11.3 Å². The SMILES string of the molecule is COc1ccccc1N1CCN(C(=O)c2csc(CN)n2)CC1. The number of benzene rings is 1. The minimum atomic E-state index is -0.0133. The van der Waals surface area contributed by atoms with Crippen molar-refractivity contribution in [2.45, 2.75) is 6.54 Å². The summed E-state index contributed by atoms with van der Waals surface area (Å²) in [5.41, 5.74) is 7.13. The molecule has 122 valence electrons. The van der Waals surface area contributed by atoms with Crippen LogP contribution in [0, 0.1) is 0 Å². The Morgan fingerprint density at radius 2 is 2.04 bits per heavy atom. The Morgan fingerprint density at radius 1 is 1.30 bits per heavy atom. The van der Waals surface area contributed by atoms with Crippen LogP contribution in [0.25, 0.3) is 0 Å². The van der Waals surface area contributed by atoms with Crippen molar-refractivity contribution in [3.8, 4) is 5.75 Å². The topological polar surface area (TPSA) is 71.7 Å². The zero-order valence-electron chi connectivity index (χ0n) is 13.1. The molecule has 3 rings (SSSR count). The zero-order chi connectivity index (χ0) is 16.2. The number of para-hydroxylation sites is 2. The molecular formula is C16H20N4O2S. The third-order valence-corrected chi connectivity index (χ3v) is 4.81. The number of nitrogens with zero attached hydrogens (tertiary/aromatic N) is 3. The number of ether oxygens (including phenoxy) is 1. The number of carbonyl (C=O) groups excluding carboxylic acids is 1. The van der Waals surface area contributed by atoms with Crippen LogP contribution in [0.2, 0.25) is 0 Å². The summed E-state index contributed by atoms with van der Waals surface area (Å²) in [6.07, 6.45) is 0. The lowest BCUT2D eigenvalue weighted by atomic mass is 10.2. The number of amides is 1. The molecule has 2 heterocycles.